The second kappa shape index (κ2) is 10.4. The molecule has 0 unspecified atom stereocenters. The summed E-state index contributed by atoms with van der Waals surface area (Å²) in [4.78, 5) is 20.0. The summed E-state index contributed by atoms with van der Waals surface area (Å²) < 4.78 is 25.2. The number of hydrogen-bond donors (Lipinski definition) is 2. The summed E-state index contributed by atoms with van der Waals surface area (Å²) in [6.45, 7) is 2.16. The second-order valence-corrected chi connectivity index (χ2v) is 7.62. The van der Waals surface area contributed by atoms with Gasteiger partial charge in [0.25, 0.3) is 0 Å². The van der Waals surface area contributed by atoms with Gasteiger partial charge in [0.2, 0.25) is 6.86 Å². The quantitative estimate of drug-likeness (QED) is 0.316. The second-order valence-electron chi connectivity index (χ2n) is 7.23. The largest absolute Gasteiger partial charge is 0.493 e. The van der Waals surface area contributed by atoms with Crippen LogP contribution in [0.15, 0.2) is 54.9 Å². The monoisotopic (exact) mass is 484 g/mol. The van der Waals surface area contributed by atoms with E-state index in [4.69, 9.17) is 21.1 Å². The molecule has 0 saturated heterocycles. The molecule has 2 N–H and O–H groups in total. The van der Waals surface area contributed by atoms with E-state index < -0.39 is 12.8 Å². The maximum absolute atomic E-state index is 12.8. The number of hydrogen-bond acceptors (Lipinski definition) is 6. The average Bonchev–Trinajstić information content (AvgIpc) is 3.15. The maximum atomic E-state index is 12.8. The van der Waals surface area contributed by atoms with Gasteiger partial charge in [-0.1, -0.05) is 29.8 Å². The smallest absolute Gasteiger partial charge is 0.339 e. The summed E-state index contributed by atoms with van der Waals surface area (Å²) >= 11 is 6.41. The van der Waals surface area contributed by atoms with Gasteiger partial charge in [-0.15, -0.1) is 0 Å². The van der Waals surface area contributed by atoms with Crippen molar-refractivity contribution in [2.24, 2.45) is 0 Å². The number of alkyl halides is 1. The van der Waals surface area contributed by atoms with Crippen LogP contribution in [0.2, 0.25) is 5.15 Å². The highest BCUT2D eigenvalue weighted by molar-refractivity contribution is 6.31. The Morgan fingerprint density at radius 1 is 1.15 bits per heavy atom. The van der Waals surface area contributed by atoms with E-state index in [2.05, 4.69) is 15.3 Å². The Morgan fingerprint density at radius 3 is 2.76 bits per heavy atom. The number of ether oxygens (including phenoxy) is 2. The van der Waals surface area contributed by atoms with E-state index in [-0.39, 0.29) is 11.3 Å². The summed E-state index contributed by atoms with van der Waals surface area (Å²) in [6, 6.07) is 13.8. The third-order valence-corrected chi connectivity index (χ3v) is 5.47. The van der Waals surface area contributed by atoms with Gasteiger partial charge in [-0.3, -0.25) is 0 Å². The Hall–Kier alpha value is -3.85. The number of carboxylic acids is 1. The SMILES string of the molecule is CCOc1cc(-c2cc(NCCn3c(Cl)cc4cccc(OCF)c43)ncn2)ccc1C(=O)O. The first-order chi connectivity index (χ1) is 16.5. The number of benzene rings is 2. The van der Waals surface area contributed by atoms with Crippen LogP contribution in [0.1, 0.15) is 17.3 Å². The molecule has 0 aliphatic heterocycles. The number of anilines is 1. The number of aromatic carboxylic acids is 1. The fraction of sp³-hybridized carbons (Fsp3) is 0.208. The Morgan fingerprint density at radius 2 is 2.00 bits per heavy atom. The molecule has 2 heterocycles. The van der Waals surface area contributed by atoms with Crippen molar-refractivity contribution in [1.82, 2.24) is 14.5 Å². The van der Waals surface area contributed by atoms with Crippen LogP contribution in [0.5, 0.6) is 11.5 Å². The molecule has 2 aromatic heterocycles. The molecule has 8 nitrogen and oxygen atoms in total. The van der Waals surface area contributed by atoms with E-state index in [0.29, 0.717) is 47.7 Å². The standard InChI is InChI=1S/C24H22ClFN4O4/c1-2-33-20-10-15(6-7-17(20)24(31)32)18-12-22(29-14-28-18)27-8-9-30-21(25)11-16-4-3-5-19(23(16)30)34-13-26/h3-7,10-12,14H,2,8-9,13H2,1H3,(H,31,32)(H,27,28,29). The highest BCUT2D eigenvalue weighted by Gasteiger charge is 2.14. The highest BCUT2D eigenvalue weighted by atomic mass is 35.5. The molecular weight excluding hydrogens is 463 g/mol. The predicted octanol–water partition coefficient (Wildman–Crippen LogP) is 5.27. The number of fused-ring (bicyclic) bond motifs is 1. The van der Waals surface area contributed by atoms with Gasteiger partial charge < -0.3 is 24.5 Å². The number of carboxylic acid groups (broad SMARTS) is 1. The normalized spacial score (nSPS) is 10.9. The van der Waals surface area contributed by atoms with Crippen molar-refractivity contribution in [3.63, 3.8) is 0 Å². The number of carbonyl (C=O) groups is 1. The molecular formula is C24H22ClFN4O4. The molecule has 0 saturated carbocycles. The first kappa shape index (κ1) is 23.3. The van der Waals surface area contributed by atoms with Crippen LogP contribution in [0, 0.1) is 0 Å². The molecule has 0 fully saturated rings. The Kier molecular flexibility index (Phi) is 7.12. The van der Waals surface area contributed by atoms with Crippen molar-refractivity contribution in [2.45, 2.75) is 13.5 Å². The third-order valence-electron chi connectivity index (χ3n) is 5.16. The van der Waals surface area contributed by atoms with Crippen LogP contribution in [-0.4, -0.2) is 45.6 Å². The minimum absolute atomic E-state index is 0.0879. The van der Waals surface area contributed by atoms with Crippen molar-refractivity contribution < 1.29 is 23.8 Å². The number of nitrogens with one attached hydrogen (secondary N) is 1. The van der Waals surface area contributed by atoms with E-state index in [1.165, 1.54) is 12.4 Å². The lowest BCUT2D eigenvalue weighted by Crippen LogP contribution is -2.12. The van der Waals surface area contributed by atoms with Crippen molar-refractivity contribution in [3.05, 3.63) is 65.6 Å². The van der Waals surface area contributed by atoms with Gasteiger partial charge in [-0.05, 0) is 31.2 Å². The lowest BCUT2D eigenvalue weighted by molar-refractivity contribution is 0.0692. The topological polar surface area (TPSA) is 98.5 Å². The lowest BCUT2D eigenvalue weighted by atomic mass is 10.1. The molecule has 0 radical (unpaired) electrons. The van der Waals surface area contributed by atoms with Gasteiger partial charge in [0.1, 0.15) is 34.4 Å². The molecule has 0 atom stereocenters. The van der Waals surface area contributed by atoms with Crippen LogP contribution in [0.3, 0.4) is 0 Å². The van der Waals surface area contributed by atoms with Gasteiger partial charge in [-0.2, -0.15) is 0 Å². The van der Waals surface area contributed by atoms with Crippen molar-refractivity contribution in [1.29, 1.82) is 0 Å². The zero-order valence-electron chi connectivity index (χ0n) is 18.3. The molecule has 0 spiro atoms. The first-order valence-electron chi connectivity index (χ1n) is 10.5. The van der Waals surface area contributed by atoms with Crippen molar-refractivity contribution >= 4 is 34.3 Å². The number of rotatable bonds is 10. The Bertz CT molecular complexity index is 1330. The van der Waals surface area contributed by atoms with Crippen molar-refractivity contribution in [2.75, 3.05) is 25.3 Å². The fourth-order valence-corrected chi connectivity index (χ4v) is 3.98. The van der Waals surface area contributed by atoms with Gasteiger partial charge in [0, 0.05) is 30.1 Å². The van der Waals surface area contributed by atoms with Crippen LogP contribution in [0.4, 0.5) is 10.2 Å². The van der Waals surface area contributed by atoms with Crippen LogP contribution in [-0.2, 0) is 6.54 Å². The minimum Gasteiger partial charge on any atom is -0.493 e. The minimum atomic E-state index is -1.06. The third kappa shape index (κ3) is 4.89. The molecule has 0 bridgehead atoms. The van der Waals surface area contributed by atoms with Crippen molar-refractivity contribution in [3.8, 4) is 22.8 Å². The molecule has 4 aromatic rings. The number of halogens is 2. The molecule has 0 aliphatic rings. The molecule has 4 rings (SSSR count). The van der Waals surface area contributed by atoms with Crippen LogP contribution in [0.25, 0.3) is 22.2 Å². The average molecular weight is 485 g/mol. The van der Waals surface area contributed by atoms with E-state index in [0.717, 1.165) is 10.9 Å². The summed E-state index contributed by atoms with van der Waals surface area (Å²) in [6.07, 6.45) is 1.42. The van der Waals surface area contributed by atoms with Gasteiger partial charge in [-0.25, -0.2) is 19.2 Å². The molecule has 176 valence electrons. The summed E-state index contributed by atoms with van der Waals surface area (Å²) in [5.74, 6) is 0.224. The predicted molar refractivity (Wildman–Crippen MR) is 128 cm³/mol. The van der Waals surface area contributed by atoms with Crippen LogP contribution < -0.4 is 14.8 Å². The molecule has 0 amide bonds. The zero-order chi connectivity index (χ0) is 24.1. The molecule has 0 aliphatic carbocycles. The Balaban J connectivity index is 1.52. The summed E-state index contributed by atoms with van der Waals surface area (Å²) in [5, 5.41) is 14.0. The van der Waals surface area contributed by atoms with E-state index in [9.17, 15) is 14.3 Å². The molecule has 34 heavy (non-hydrogen) atoms. The van der Waals surface area contributed by atoms with E-state index in [1.54, 1.807) is 37.3 Å². The van der Waals surface area contributed by atoms with Gasteiger partial charge in [0.15, 0.2) is 0 Å². The highest BCUT2D eigenvalue weighted by Crippen LogP contribution is 2.31. The summed E-state index contributed by atoms with van der Waals surface area (Å²) in [7, 11) is 0. The zero-order valence-corrected chi connectivity index (χ0v) is 19.1. The molecule has 10 heteroatoms. The van der Waals surface area contributed by atoms with Gasteiger partial charge >= 0.3 is 5.97 Å². The van der Waals surface area contributed by atoms with E-state index >= 15 is 0 Å². The molecule has 2 aromatic carbocycles. The van der Waals surface area contributed by atoms with E-state index in [1.807, 2.05) is 16.7 Å². The lowest BCUT2D eigenvalue weighted by Gasteiger charge is -2.12. The first-order valence-corrected chi connectivity index (χ1v) is 10.9. The fourth-order valence-electron chi connectivity index (χ4n) is 3.69. The Labute approximate surface area is 199 Å². The number of nitrogens with zero attached hydrogens (tertiary/aromatic N) is 3. The van der Waals surface area contributed by atoms with Crippen LogP contribution >= 0.6 is 11.6 Å². The summed E-state index contributed by atoms with van der Waals surface area (Å²) in [5.41, 5.74) is 2.12. The maximum Gasteiger partial charge on any atom is 0.339 e. The number of aromatic nitrogens is 3. The van der Waals surface area contributed by atoms with Gasteiger partial charge in [0.05, 0.1) is 17.8 Å². The number of para-hydroxylation sites is 1.